The van der Waals surface area contributed by atoms with Gasteiger partial charge in [-0.25, -0.2) is 0 Å². The van der Waals surface area contributed by atoms with Crippen LogP contribution in [0.3, 0.4) is 0 Å². The molecule has 0 aliphatic carbocycles. The molecule has 2 atom stereocenters. The molecule has 3 heteroatoms. The number of likely N-dealkylation sites (N-methyl/N-ethyl adjacent to an activating group) is 2. The van der Waals surface area contributed by atoms with Crippen LogP contribution >= 0.6 is 0 Å². The molecule has 3 nitrogen and oxygen atoms in total. The van der Waals surface area contributed by atoms with Crippen molar-refractivity contribution in [1.82, 2.24) is 9.80 Å². The zero-order chi connectivity index (χ0) is 12.2. The Hall–Kier alpha value is -0.800. The number of hydrogen-bond acceptors (Lipinski definition) is 3. The molecule has 0 radical (unpaired) electrons. The van der Waals surface area contributed by atoms with E-state index < -0.39 is 0 Å². The molecular formula is C12H24N2O. The summed E-state index contributed by atoms with van der Waals surface area (Å²) in [5.41, 5.74) is 0. The van der Waals surface area contributed by atoms with Gasteiger partial charge in [0.05, 0.1) is 12.1 Å². The Bertz CT molecular complexity index is 210. The van der Waals surface area contributed by atoms with E-state index in [2.05, 4.69) is 36.8 Å². The molecule has 2 unspecified atom stereocenters. The van der Waals surface area contributed by atoms with Crippen LogP contribution in [0.25, 0.3) is 0 Å². The highest BCUT2D eigenvalue weighted by Gasteiger charge is 2.15. The Balaban J connectivity index is 4.25. The highest BCUT2D eigenvalue weighted by molar-refractivity contribution is 5.04. The van der Waals surface area contributed by atoms with E-state index >= 15 is 0 Å². The van der Waals surface area contributed by atoms with Gasteiger partial charge in [0.25, 0.3) is 0 Å². The van der Waals surface area contributed by atoms with Crippen molar-refractivity contribution >= 4 is 0 Å². The smallest absolute Gasteiger partial charge is 0.113 e. The molecule has 0 amide bonds. The zero-order valence-electron chi connectivity index (χ0n) is 10.9. The first kappa shape index (κ1) is 14.2. The third kappa shape index (κ3) is 4.49. The Morgan fingerprint density at radius 2 is 1.13 bits per heavy atom. The van der Waals surface area contributed by atoms with Crippen LogP contribution in [0.5, 0.6) is 0 Å². The minimum Gasteiger partial charge on any atom is -0.464 e. The molecule has 15 heavy (non-hydrogen) atoms. The average Bonchev–Trinajstić information content (AvgIpc) is 2.14. The van der Waals surface area contributed by atoms with E-state index in [1.807, 2.05) is 28.2 Å². The molecule has 0 heterocycles. The Labute approximate surface area is 94.0 Å². The summed E-state index contributed by atoms with van der Waals surface area (Å²) in [7, 11) is 7.99. The van der Waals surface area contributed by atoms with Crippen molar-refractivity contribution in [3.8, 4) is 0 Å². The van der Waals surface area contributed by atoms with Crippen LogP contribution in [0.2, 0.25) is 0 Å². The number of ether oxygens (including phenoxy) is 1. The van der Waals surface area contributed by atoms with Gasteiger partial charge in [-0.2, -0.15) is 0 Å². The van der Waals surface area contributed by atoms with E-state index in [1.54, 1.807) is 0 Å². The molecule has 0 aliphatic heterocycles. The summed E-state index contributed by atoms with van der Waals surface area (Å²) in [6, 6.07) is 0.382. The first-order chi connectivity index (χ1) is 6.77. The quantitative estimate of drug-likeness (QED) is 0.626. The summed E-state index contributed by atoms with van der Waals surface area (Å²) >= 11 is 0. The van der Waals surface area contributed by atoms with Crippen molar-refractivity contribution in [2.45, 2.75) is 25.9 Å². The van der Waals surface area contributed by atoms with Gasteiger partial charge >= 0.3 is 0 Å². The van der Waals surface area contributed by atoms with Gasteiger partial charge in [-0.15, -0.1) is 0 Å². The zero-order valence-corrected chi connectivity index (χ0v) is 10.9. The first-order valence-corrected chi connectivity index (χ1v) is 5.15. The van der Waals surface area contributed by atoms with Gasteiger partial charge in [-0.05, 0) is 42.0 Å². The van der Waals surface area contributed by atoms with E-state index in [4.69, 9.17) is 4.74 Å². The van der Waals surface area contributed by atoms with Crippen LogP contribution in [0.15, 0.2) is 24.7 Å². The maximum atomic E-state index is 5.62. The van der Waals surface area contributed by atoms with Gasteiger partial charge in [0.15, 0.2) is 0 Å². The lowest BCUT2D eigenvalue weighted by molar-refractivity contribution is 0.175. The molecule has 0 aliphatic rings. The summed E-state index contributed by atoms with van der Waals surface area (Å²) in [5.74, 6) is 1.47. The van der Waals surface area contributed by atoms with E-state index in [0.717, 1.165) is 11.5 Å². The normalized spacial score (nSPS) is 15.2. The fraction of sp³-hybridized carbons (Fsp3) is 0.667. The third-order valence-electron chi connectivity index (χ3n) is 2.74. The molecule has 0 aromatic carbocycles. The second-order valence-corrected chi connectivity index (χ2v) is 4.31. The molecule has 0 bridgehead atoms. The van der Waals surface area contributed by atoms with Gasteiger partial charge in [-0.1, -0.05) is 13.2 Å². The van der Waals surface area contributed by atoms with Gasteiger partial charge in [-0.3, -0.25) is 9.80 Å². The second kappa shape index (κ2) is 5.93. The predicted molar refractivity (Wildman–Crippen MR) is 65.7 cm³/mol. The standard InChI is InChI=1S/C12H24N2O/c1-9(13(5)6)11(3)15-12(4)10(2)14(7)8/h9-10H,3-4H2,1-2,5-8H3. The lowest BCUT2D eigenvalue weighted by Crippen LogP contribution is -2.31. The van der Waals surface area contributed by atoms with Gasteiger partial charge in [0.1, 0.15) is 11.5 Å². The van der Waals surface area contributed by atoms with Crippen LogP contribution < -0.4 is 0 Å². The molecule has 0 saturated carbocycles. The van der Waals surface area contributed by atoms with Crippen molar-refractivity contribution in [2.24, 2.45) is 0 Å². The molecule has 0 spiro atoms. The lowest BCUT2D eigenvalue weighted by atomic mass is 10.2. The van der Waals surface area contributed by atoms with Crippen LogP contribution in [0, 0.1) is 0 Å². The molecule has 0 aromatic rings. The number of nitrogens with zero attached hydrogens (tertiary/aromatic N) is 2. The van der Waals surface area contributed by atoms with Crippen molar-refractivity contribution in [2.75, 3.05) is 28.2 Å². The van der Waals surface area contributed by atoms with Crippen molar-refractivity contribution in [1.29, 1.82) is 0 Å². The Morgan fingerprint density at radius 1 is 0.867 bits per heavy atom. The molecular weight excluding hydrogens is 188 g/mol. The largest absolute Gasteiger partial charge is 0.464 e. The van der Waals surface area contributed by atoms with Crippen LogP contribution in [-0.2, 0) is 4.74 Å². The minimum atomic E-state index is 0.191. The highest BCUT2D eigenvalue weighted by Crippen LogP contribution is 2.15. The first-order valence-electron chi connectivity index (χ1n) is 5.15. The highest BCUT2D eigenvalue weighted by atomic mass is 16.5. The number of hydrogen-bond donors (Lipinski definition) is 0. The summed E-state index contributed by atoms with van der Waals surface area (Å²) in [5, 5.41) is 0. The van der Waals surface area contributed by atoms with Crippen molar-refractivity contribution in [3.63, 3.8) is 0 Å². The van der Waals surface area contributed by atoms with E-state index in [-0.39, 0.29) is 12.1 Å². The fourth-order valence-corrected chi connectivity index (χ4v) is 0.915. The van der Waals surface area contributed by atoms with Crippen molar-refractivity contribution < 1.29 is 4.74 Å². The minimum absolute atomic E-state index is 0.191. The molecule has 0 N–H and O–H groups in total. The molecule has 0 saturated heterocycles. The lowest BCUT2D eigenvalue weighted by Gasteiger charge is -2.27. The summed E-state index contributed by atoms with van der Waals surface area (Å²) in [6.45, 7) is 11.9. The van der Waals surface area contributed by atoms with Gasteiger partial charge in [0, 0.05) is 0 Å². The molecule has 0 aromatic heterocycles. The van der Waals surface area contributed by atoms with E-state index in [1.165, 1.54) is 0 Å². The third-order valence-corrected chi connectivity index (χ3v) is 2.74. The van der Waals surface area contributed by atoms with Crippen LogP contribution in [0.4, 0.5) is 0 Å². The number of rotatable bonds is 6. The van der Waals surface area contributed by atoms with Crippen LogP contribution in [0.1, 0.15) is 13.8 Å². The Kier molecular flexibility index (Phi) is 5.61. The van der Waals surface area contributed by atoms with Crippen molar-refractivity contribution in [3.05, 3.63) is 24.7 Å². The SMILES string of the molecule is C=C(OC(=C)C(C)N(C)C)C(C)N(C)C. The maximum absolute atomic E-state index is 5.62. The molecule has 0 fully saturated rings. The fourth-order valence-electron chi connectivity index (χ4n) is 0.915. The second-order valence-electron chi connectivity index (χ2n) is 4.31. The summed E-state index contributed by atoms with van der Waals surface area (Å²) in [6.07, 6.45) is 0. The molecule has 0 rings (SSSR count). The Morgan fingerprint density at radius 3 is 1.33 bits per heavy atom. The summed E-state index contributed by atoms with van der Waals surface area (Å²) < 4.78 is 5.62. The van der Waals surface area contributed by atoms with Gasteiger partial charge in [0.2, 0.25) is 0 Å². The van der Waals surface area contributed by atoms with E-state index in [9.17, 15) is 0 Å². The predicted octanol–water partition coefficient (Wildman–Crippen LogP) is 1.93. The average molecular weight is 212 g/mol. The van der Waals surface area contributed by atoms with E-state index in [0.29, 0.717) is 0 Å². The van der Waals surface area contributed by atoms with Crippen LogP contribution in [-0.4, -0.2) is 50.1 Å². The summed E-state index contributed by atoms with van der Waals surface area (Å²) in [4.78, 5) is 4.10. The van der Waals surface area contributed by atoms with Gasteiger partial charge < -0.3 is 4.74 Å². The topological polar surface area (TPSA) is 15.7 Å². The maximum Gasteiger partial charge on any atom is 0.113 e. The monoisotopic (exact) mass is 212 g/mol. The molecule has 88 valence electrons.